The maximum absolute atomic E-state index is 12.0. The molecule has 0 amide bonds. The summed E-state index contributed by atoms with van der Waals surface area (Å²) in [6, 6.07) is 13.9. The first-order chi connectivity index (χ1) is 13.3. The molecule has 3 rings (SSSR count). The van der Waals surface area contributed by atoms with Gasteiger partial charge in [-0.25, -0.2) is 8.42 Å². The smallest absolute Gasteiger partial charge is 0.175 e. The van der Waals surface area contributed by atoms with Crippen LogP contribution in [-0.4, -0.2) is 31.2 Å². The first-order valence-corrected chi connectivity index (χ1v) is 10.5. The maximum Gasteiger partial charge on any atom is 0.175 e. The molecule has 0 aliphatic rings. The summed E-state index contributed by atoms with van der Waals surface area (Å²) in [7, 11) is -3.25. The van der Waals surface area contributed by atoms with Crippen LogP contribution in [0.1, 0.15) is 17.5 Å². The normalized spacial score (nSPS) is 12.2. The quantitative estimate of drug-likeness (QED) is 0.488. The van der Waals surface area contributed by atoms with Crippen molar-refractivity contribution in [3.63, 3.8) is 0 Å². The molecule has 0 saturated carbocycles. The third kappa shape index (κ3) is 5.14. The molecule has 1 heterocycles. The topological polar surface area (TPSA) is 84.1 Å². The van der Waals surface area contributed by atoms with Gasteiger partial charge in [-0.1, -0.05) is 36.4 Å². The van der Waals surface area contributed by atoms with Crippen LogP contribution in [0.3, 0.4) is 0 Å². The number of nitrogens with one attached hydrogen (secondary N) is 1. The van der Waals surface area contributed by atoms with E-state index < -0.39 is 9.84 Å². The summed E-state index contributed by atoms with van der Waals surface area (Å²) in [4.78, 5) is 27.3. The second-order valence-electron chi connectivity index (χ2n) is 6.44. The van der Waals surface area contributed by atoms with Crippen molar-refractivity contribution in [3.05, 3.63) is 78.0 Å². The van der Waals surface area contributed by atoms with Crippen molar-refractivity contribution in [1.82, 2.24) is 4.98 Å². The predicted molar refractivity (Wildman–Crippen MR) is 111 cm³/mol. The molecule has 28 heavy (non-hydrogen) atoms. The van der Waals surface area contributed by atoms with E-state index in [1.54, 1.807) is 24.3 Å². The molecule has 0 radical (unpaired) electrons. The minimum absolute atomic E-state index is 0.217. The fraction of sp³-hybridized carbons (Fsp3) is 0.0909. The molecule has 0 unspecified atom stereocenters. The van der Waals surface area contributed by atoms with Gasteiger partial charge in [-0.05, 0) is 52.9 Å². The zero-order chi connectivity index (χ0) is 20.1. The van der Waals surface area contributed by atoms with Crippen molar-refractivity contribution >= 4 is 44.5 Å². The largest absolute Gasteiger partial charge is 0.361 e. The number of rotatable bonds is 7. The summed E-state index contributed by atoms with van der Waals surface area (Å²) >= 11 is 0. The van der Waals surface area contributed by atoms with Gasteiger partial charge in [0.2, 0.25) is 0 Å². The van der Waals surface area contributed by atoms with Gasteiger partial charge in [-0.3, -0.25) is 9.59 Å². The van der Waals surface area contributed by atoms with Crippen molar-refractivity contribution in [3.8, 4) is 0 Å². The van der Waals surface area contributed by atoms with Crippen LogP contribution in [0.15, 0.2) is 71.8 Å². The summed E-state index contributed by atoms with van der Waals surface area (Å²) in [6.45, 7) is 0. The Morgan fingerprint density at radius 2 is 1.50 bits per heavy atom. The number of ketones is 2. The Kier molecular flexibility index (Phi) is 5.70. The number of aromatic nitrogens is 1. The Labute approximate surface area is 163 Å². The van der Waals surface area contributed by atoms with E-state index in [1.165, 1.54) is 24.3 Å². The molecule has 142 valence electrons. The lowest BCUT2D eigenvalue weighted by Crippen LogP contribution is -2.02. The van der Waals surface area contributed by atoms with Gasteiger partial charge < -0.3 is 4.98 Å². The second-order valence-corrected chi connectivity index (χ2v) is 8.46. The standard InChI is InChI=1S/C22H19NO4S/c1-28(26,27)21-10-5-16(6-11-21)3-8-19(24)15-20(25)9-4-17-2-7-18-12-13-23-22(18)14-17/h2-14,23H,15H2,1H3/b8-3+,9-4+. The summed E-state index contributed by atoms with van der Waals surface area (Å²) in [5.74, 6) is -0.602. The molecule has 6 heteroatoms. The molecule has 0 saturated heterocycles. The maximum atomic E-state index is 12.0. The number of fused-ring (bicyclic) bond motifs is 1. The zero-order valence-corrected chi connectivity index (χ0v) is 16.1. The number of H-pyrrole nitrogens is 1. The van der Waals surface area contributed by atoms with E-state index in [1.807, 2.05) is 30.5 Å². The van der Waals surface area contributed by atoms with E-state index in [2.05, 4.69) is 4.98 Å². The van der Waals surface area contributed by atoms with Gasteiger partial charge in [0, 0.05) is 18.0 Å². The van der Waals surface area contributed by atoms with Crippen LogP contribution in [-0.2, 0) is 19.4 Å². The molecule has 0 bridgehead atoms. The third-order valence-electron chi connectivity index (χ3n) is 4.16. The highest BCUT2D eigenvalue weighted by molar-refractivity contribution is 7.90. The average Bonchev–Trinajstić information content (AvgIpc) is 3.12. The lowest BCUT2D eigenvalue weighted by molar-refractivity contribution is -0.121. The lowest BCUT2D eigenvalue weighted by atomic mass is 10.1. The molecule has 3 aromatic rings. The number of hydrogen-bond donors (Lipinski definition) is 1. The molecule has 0 aliphatic carbocycles. The SMILES string of the molecule is CS(=O)(=O)c1ccc(/C=C/C(=O)CC(=O)/C=C/c2ccc3cc[nH]c3c2)cc1. The van der Waals surface area contributed by atoms with E-state index in [0.717, 1.165) is 22.7 Å². The summed E-state index contributed by atoms with van der Waals surface area (Å²) in [5, 5.41) is 1.09. The number of allylic oxidation sites excluding steroid dienone is 2. The van der Waals surface area contributed by atoms with Crippen LogP contribution in [0.4, 0.5) is 0 Å². The molecule has 0 fully saturated rings. The van der Waals surface area contributed by atoms with Gasteiger partial charge in [-0.2, -0.15) is 0 Å². The Balaban J connectivity index is 1.57. The van der Waals surface area contributed by atoms with Crippen molar-refractivity contribution in [2.24, 2.45) is 0 Å². The van der Waals surface area contributed by atoms with Gasteiger partial charge in [0.05, 0.1) is 11.3 Å². The number of sulfone groups is 1. The van der Waals surface area contributed by atoms with Crippen LogP contribution in [0.25, 0.3) is 23.1 Å². The van der Waals surface area contributed by atoms with Crippen LogP contribution < -0.4 is 0 Å². The predicted octanol–water partition coefficient (Wildman–Crippen LogP) is 3.83. The van der Waals surface area contributed by atoms with Gasteiger partial charge in [0.1, 0.15) is 0 Å². The van der Waals surface area contributed by atoms with Crippen LogP contribution in [0, 0.1) is 0 Å². The van der Waals surface area contributed by atoms with E-state index in [-0.39, 0.29) is 22.9 Å². The zero-order valence-electron chi connectivity index (χ0n) is 15.3. The number of carbonyl (C=O) groups is 2. The number of benzene rings is 2. The monoisotopic (exact) mass is 393 g/mol. The molecule has 0 atom stereocenters. The van der Waals surface area contributed by atoms with Crippen molar-refractivity contribution in [2.75, 3.05) is 6.26 Å². The van der Waals surface area contributed by atoms with Crippen LogP contribution in [0.5, 0.6) is 0 Å². The summed E-state index contributed by atoms with van der Waals surface area (Å²) in [6.07, 6.45) is 8.73. The summed E-state index contributed by atoms with van der Waals surface area (Å²) < 4.78 is 22.9. The number of carbonyl (C=O) groups excluding carboxylic acids is 2. The van der Waals surface area contributed by atoms with Crippen molar-refractivity contribution in [2.45, 2.75) is 11.3 Å². The van der Waals surface area contributed by atoms with Gasteiger partial charge in [0.25, 0.3) is 0 Å². The Morgan fingerprint density at radius 3 is 2.14 bits per heavy atom. The highest BCUT2D eigenvalue weighted by Gasteiger charge is 2.06. The summed E-state index contributed by atoms with van der Waals surface area (Å²) in [5.41, 5.74) is 2.54. The highest BCUT2D eigenvalue weighted by Crippen LogP contribution is 2.15. The van der Waals surface area contributed by atoms with Crippen molar-refractivity contribution in [1.29, 1.82) is 0 Å². The van der Waals surface area contributed by atoms with Crippen LogP contribution in [0.2, 0.25) is 0 Å². The molecule has 1 aromatic heterocycles. The Hall–Kier alpha value is -3.25. The molecule has 0 spiro atoms. The van der Waals surface area contributed by atoms with E-state index in [9.17, 15) is 18.0 Å². The van der Waals surface area contributed by atoms with E-state index in [4.69, 9.17) is 0 Å². The average molecular weight is 393 g/mol. The van der Waals surface area contributed by atoms with E-state index in [0.29, 0.717) is 5.56 Å². The molecular weight excluding hydrogens is 374 g/mol. The molecule has 5 nitrogen and oxygen atoms in total. The number of aromatic amines is 1. The molecular formula is C22H19NO4S. The van der Waals surface area contributed by atoms with Crippen LogP contribution >= 0.6 is 0 Å². The highest BCUT2D eigenvalue weighted by atomic mass is 32.2. The van der Waals surface area contributed by atoms with Crippen molar-refractivity contribution < 1.29 is 18.0 Å². The lowest BCUT2D eigenvalue weighted by Gasteiger charge is -1.98. The fourth-order valence-corrected chi connectivity index (χ4v) is 3.29. The number of hydrogen-bond acceptors (Lipinski definition) is 4. The third-order valence-corrected chi connectivity index (χ3v) is 5.29. The van der Waals surface area contributed by atoms with Gasteiger partial charge in [0.15, 0.2) is 21.4 Å². The first kappa shape index (κ1) is 19.5. The molecule has 1 N–H and O–H groups in total. The van der Waals surface area contributed by atoms with E-state index >= 15 is 0 Å². The molecule has 0 aliphatic heterocycles. The van der Waals surface area contributed by atoms with Gasteiger partial charge in [-0.15, -0.1) is 0 Å². The minimum Gasteiger partial charge on any atom is -0.361 e. The Morgan fingerprint density at radius 1 is 0.893 bits per heavy atom. The first-order valence-electron chi connectivity index (χ1n) is 8.60. The fourth-order valence-electron chi connectivity index (χ4n) is 2.66. The molecule has 2 aromatic carbocycles. The van der Waals surface area contributed by atoms with Gasteiger partial charge >= 0.3 is 0 Å². The Bertz CT molecular complexity index is 1180. The second kappa shape index (κ2) is 8.19. The minimum atomic E-state index is -3.25.